The number of aromatic nitrogens is 3. The summed E-state index contributed by atoms with van der Waals surface area (Å²) in [7, 11) is 0. The molecule has 0 spiro atoms. The molecule has 2 amide bonds. The van der Waals surface area contributed by atoms with Crippen molar-refractivity contribution in [2.75, 3.05) is 25.1 Å². The van der Waals surface area contributed by atoms with E-state index in [0.29, 0.717) is 30.8 Å². The lowest BCUT2D eigenvalue weighted by Crippen LogP contribution is -2.42. The van der Waals surface area contributed by atoms with Gasteiger partial charge >= 0.3 is 6.09 Å². The number of pyridine rings is 1. The van der Waals surface area contributed by atoms with Crippen LogP contribution in [0.1, 0.15) is 28.8 Å². The molecule has 9 nitrogen and oxygen atoms in total. The van der Waals surface area contributed by atoms with E-state index in [0.717, 1.165) is 24.0 Å². The summed E-state index contributed by atoms with van der Waals surface area (Å²) in [4.78, 5) is 30.9. The third-order valence-corrected chi connectivity index (χ3v) is 5.60. The minimum Gasteiger partial charge on any atom is -0.465 e. The van der Waals surface area contributed by atoms with Crippen LogP contribution in [-0.4, -0.2) is 62.6 Å². The maximum Gasteiger partial charge on any atom is 0.407 e. The number of carbonyl (C=O) groups is 2. The van der Waals surface area contributed by atoms with Crippen LogP contribution in [-0.2, 0) is 6.42 Å². The number of nitrogens with zero attached hydrogens (tertiary/aromatic N) is 4. The molecule has 1 saturated heterocycles. The molecule has 0 unspecified atom stereocenters. The number of likely N-dealkylation sites (tertiary alicyclic amines) is 1. The van der Waals surface area contributed by atoms with Crippen LogP contribution in [0.25, 0.3) is 11.3 Å². The average molecular weight is 452 g/mol. The zero-order chi connectivity index (χ0) is 23.2. The number of carbonyl (C=O) groups excluding carboxylic acids is 1. The van der Waals surface area contributed by atoms with Gasteiger partial charge in [0.25, 0.3) is 5.91 Å². The van der Waals surface area contributed by atoms with E-state index in [1.165, 1.54) is 23.2 Å². The van der Waals surface area contributed by atoms with Crippen LogP contribution in [0, 0.1) is 5.82 Å². The first kappa shape index (κ1) is 22.3. The molecule has 1 aromatic carbocycles. The van der Waals surface area contributed by atoms with E-state index in [9.17, 15) is 19.1 Å². The Balaban J connectivity index is 1.28. The number of rotatable bonds is 8. The fourth-order valence-corrected chi connectivity index (χ4v) is 3.86. The Kier molecular flexibility index (Phi) is 6.82. The molecule has 1 aliphatic rings. The number of amides is 2. The van der Waals surface area contributed by atoms with Crippen molar-refractivity contribution in [2.45, 2.75) is 25.3 Å². The summed E-state index contributed by atoms with van der Waals surface area (Å²) in [5, 5.41) is 16.2. The molecule has 1 atom stereocenters. The van der Waals surface area contributed by atoms with Gasteiger partial charge in [0.05, 0.1) is 29.7 Å². The van der Waals surface area contributed by atoms with Gasteiger partial charge in [0.2, 0.25) is 0 Å². The molecule has 10 heteroatoms. The van der Waals surface area contributed by atoms with Crippen LogP contribution in [0.4, 0.5) is 9.18 Å². The number of benzene rings is 1. The summed E-state index contributed by atoms with van der Waals surface area (Å²) in [5.41, 5.74) is 5.88. The summed E-state index contributed by atoms with van der Waals surface area (Å²) < 4.78 is 13.3. The SMILES string of the molecule is O=C(NC[C@H]1CCCN1C(=O)O)c1ccc(-c2cnn(NCCc3cccc(F)c3)c2)nc1. The second kappa shape index (κ2) is 10.1. The minimum absolute atomic E-state index is 0.196. The topological polar surface area (TPSA) is 112 Å². The molecule has 3 N–H and O–H groups in total. The van der Waals surface area contributed by atoms with Crippen LogP contribution >= 0.6 is 0 Å². The van der Waals surface area contributed by atoms with E-state index < -0.39 is 6.09 Å². The van der Waals surface area contributed by atoms with Crippen molar-refractivity contribution in [3.63, 3.8) is 0 Å². The summed E-state index contributed by atoms with van der Waals surface area (Å²) >= 11 is 0. The third kappa shape index (κ3) is 5.65. The lowest BCUT2D eigenvalue weighted by Gasteiger charge is -2.21. The molecular weight excluding hydrogens is 427 g/mol. The van der Waals surface area contributed by atoms with Crippen molar-refractivity contribution in [3.05, 3.63) is 71.9 Å². The average Bonchev–Trinajstić information content (AvgIpc) is 3.47. The van der Waals surface area contributed by atoms with Gasteiger partial charge in [-0.15, -0.1) is 0 Å². The number of nitrogens with one attached hydrogen (secondary N) is 2. The van der Waals surface area contributed by atoms with Gasteiger partial charge in [-0.2, -0.15) is 9.89 Å². The van der Waals surface area contributed by atoms with E-state index in [-0.39, 0.29) is 24.3 Å². The molecule has 0 saturated carbocycles. The first-order chi connectivity index (χ1) is 16.0. The Morgan fingerprint density at radius 2 is 2.09 bits per heavy atom. The Morgan fingerprint density at radius 3 is 2.85 bits per heavy atom. The Labute approximate surface area is 190 Å². The highest BCUT2D eigenvalue weighted by Gasteiger charge is 2.28. The first-order valence-corrected chi connectivity index (χ1v) is 10.8. The molecule has 1 aliphatic heterocycles. The van der Waals surface area contributed by atoms with Crippen molar-refractivity contribution < 1.29 is 19.1 Å². The minimum atomic E-state index is -0.957. The van der Waals surface area contributed by atoms with E-state index >= 15 is 0 Å². The van der Waals surface area contributed by atoms with Crippen molar-refractivity contribution in [1.82, 2.24) is 25.1 Å². The molecule has 0 radical (unpaired) electrons. The molecule has 0 aliphatic carbocycles. The fourth-order valence-electron chi connectivity index (χ4n) is 3.86. The number of halogens is 1. The Bertz CT molecular complexity index is 1120. The monoisotopic (exact) mass is 452 g/mol. The Morgan fingerprint density at radius 1 is 1.21 bits per heavy atom. The summed E-state index contributed by atoms with van der Waals surface area (Å²) in [5.74, 6) is -0.543. The highest BCUT2D eigenvalue weighted by Crippen LogP contribution is 2.18. The number of hydrogen-bond donors (Lipinski definition) is 3. The molecule has 3 aromatic rings. The van der Waals surface area contributed by atoms with Crippen LogP contribution in [0.15, 0.2) is 55.0 Å². The lowest BCUT2D eigenvalue weighted by atomic mass is 10.1. The predicted octanol–water partition coefficient (Wildman–Crippen LogP) is 2.74. The predicted molar refractivity (Wildman–Crippen MR) is 120 cm³/mol. The zero-order valence-electron chi connectivity index (χ0n) is 17.9. The smallest absolute Gasteiger partial charge is 0.407 e. The van der Waals surface area contributed by atoms with Gasteiger partial charge in [0, 0.05) is 31.4 Å². The van der Waals surface area contributed by atoms with Gasteiger partial charge in [-0.25, -0.2) is 9.18 Å². The second-order valence-corrected chi connectivity index (χ2v) is 7.88. The van der Waals surface area contributed by atoms with Crippen molar-refractivity contribution in [2.24, 2.45) is 0 Å². The molecule has 33 heavy (non-hydrogen) atoms. The molecule has 172 valence electrons. The normalized spacial score (nSPS) is 15.4. The molecular formula is C23H25FN6O3. The summed E-state index contributed by atoms with van der Waals surface area (Å²) in [6, 6.07) is 9.70. The maximum absolute atomic E-state index is 13.3. The first-order valence-electron chi connectivity index (χ1n) is 10.8. The number of hydrogen-bond acceptors (Lipinski definition) is 5. The highest BCUT2D eigenvalue weighted by atomic mass is 19.1. The van der Waals surface area contributed by atoms with Crippen LogP contribution in [0.2, 0.25) is 0 Å². The van der Waals surface area contributed by atoms with E-state index in [1.807, 2.05) is 6.07 Å². The van der Waals surface area contributed by atoms with Gasteiger partial charge in [-0.3, -0.25) is 9.78 Å². The fraction of sp³-hybridized carbons (Fsp3) is 0.304. The van der Waals surface area contributed by atoms with Gasteiger partial charge in [-0.05, 0) is 49.1 Å². The third-order valence-electron chi connectivity index (χ3n) is 5.60. The van der Waals surface area contributed by atoms with Crippen molar-refractivity contribution in [1.29, 1.82) is 0 Å². The molecule has 3 heterocycles. The second-order valence-electron chi connectivity index (χ2n) is 7.88. The number of carboxylic acid groups (broad SMARTS) is 1. The van der Waals surface area contributed by atoms with Crippen LogP contribution < -0.4 is 10.7 Å². The van der Waals surface area contributed by atoms with Crippen LogP contribution in [0.3, 0.4) is 0 Å². The molecule has 2 aromatic heterocycles. The van der Waals surface area contributed by atoms with Gasteiger partial charge in [0.1, 0.15) is 5.82 Å². The van der Waals surface area contributed by atoms with Gasteiger partial charge < -0.3 is 20.7 Å². The summed E-state index contributed by atoms with van der Waals surface area (Å²) in [6.45, 7) is 1.36. The standard InChI is InChI=1S/C23H25FN6O3/c24-19-4-1-3-16(11-19)8-9-27-30-15-18(13-28-30)21-7-6-17(12-25-21)22(31)26-14-20-5-2-10-29(20)23(32)33/h1,3-4,6-7,11-13,15,20,27H,2,5,8-10,14H2,(H,26,31)(H,32,33)/t20-/m1/s1. The van der Waals surface area contributed by atoms with Gasteiger partial charge in [-0.1, -0.05) is 12.1 Å². The van der Waals surface area contributed by atoms with Crippen molar-refractivity contribution >= 4 is 12.0 Å². The van der Waals surface area contributed by atoms with E-state index in [4.69, 9.17) is 0 Å². The lowest BCUT2D eigenvalue weighted by molar-refractivity contribution is 0.0933. The molecule has 4 rings (SSSR count). The summed E-state index contributed by atoms with van der Waals surface area (Å²) in [6.07, 6.45) is 6.18. The Hall–Kier alpha value is -3.95. The quantitative estimate of drug-likeness (QED) is 0.485. The van der Waals surface area contributed by atoms with E-state index in [2.05, 4.69) is 20.8 Å². The highest BCUT2D eigenvalue weighted by molar-refractivity contribution is 5.94. The van der Waals surface area contributed by atoms with E-state index in [1.54, 1.807) is 35.4 Å². The maximum atomic E-state index is 13.3. The largest absolute Gasteiger partial charge is 0.465 e. The van der Waals surface area contributed by atoms with Crippen molar-refractivity contribution in [3.8, 4) is 11.3 Å². The zero-order valence-corrected chi connectivity index (χ0v) is 17.9. The molecule has 0 bridgehead atoms. The molecule has 1 fully saturated rings. The van der Waals surface area contributed by atoms with Crippen LogP contribution in [0.5, 0.6) is 0 Å². The van der Waals surface area contributed by atoms with Gasteiger partial charge in [0.15, 0.2) is 0 Å².